The van der Waals surface area contributed by atoms with E-state index >= 15 is 0 Å². The Labute approximate surface area is 93.5 Å². The highest BCUT2D eigenvalue weighted by Crippen LogP contribution is 2.33. The molecular formula is C10H5ClO5. The molecule has 16 heavy (non-hydrogen) atoms. The Bertz CT molecular complexity index is 643. The lowest BCUT2D eigenvalue weighted by molar-refractivity contribution is 0.107. The van der Waals surface area contributed by atoms with Crippen LogP contribution >= 0.6 is 11.6 Å². The summed E-state index contributed by atoms with van der Waals surface area (Å²) in [5.74, 6) is -0.984. The summed E-state index contributed by atoms with van der Waals surface area (Å²) in [4.78, 5) is 22.2. The van der Waals surface area contributed by atoms with E-state index in [4.69, 9.17) is 16.0 Å². The Balaban J connectivity index is 3.03. The van der Waals surface area contributed by atoms with Crippen molar-refractivity contribution in [2.45, 2.75) is 0 Å². The molecule has 2 N–H and O–H groups in total. The van der Waals surface area contributed by atoms with Crippen molar-refractivity contribution in [2.75, 3.05) is 0 Å². The molecule has 82 valence electrons. The molecule has 6 heteroatoms. The van der Waals surface area contributed by atoms with E-state index in [0.29, 0.717) is 0 Å². The maximum absolute atomic E-state index is 11.3. The van der Waals surface area contributed by atoms with Crippen molar-refractivity contribution >= 4 is 27.8 Å². The van der Waals surface area contributed by atoms with Crippen molar-refractivity contribution < 1.29 is 19.4 Å². The van der Waals surface area contributed by atoms with Gasteiger partial charge in [-0.25, -0.2) is 4.79 Å². The normalized spacial score (nSPS) is 10.6. The number of rotatable bonds is 1. The SMILES string of the molecule is O=C(Cl)c1c(O)c2c(O)cccc2oc1=O. The van der Waals surface area contributed by atoms with Crippen molar-refractivity contribution in [1.29, 1.82) is 0 Å². The molecule has 2 aromatic rings. The molecule has 0 aliphatic heterocycles. The van der Waals surface area contributed by atoms with Crippen molar-refractivity contribution in [3.8, 4) is 11.5 Å². The van der Waals surface area contributed by atoms with E-state index in [0.717, 1.165) is 0 Å². The van der Waals surface area contributed by atoms with Gasteiger partial charge in [0.15, 0.2) is 5.56 Å². The molecule has 0 bridgehead atoms. The number of phenolic OH excluding ortho intramolecular Hbond substituents is 1. The molecule has 0 atom stereocenters. The Hall–Kier alpha value is -2.01. The highest BCUT2D eigenvalue weighted by molar-refractivity contribution is 6.68. The maximum Gasteiger partial charge on any atom is 0.352 e. The first-order valence-corrected chi connectivity index (χ1v) is 4.57. The number of hydrogen-bond donors (Lipinski definition) is 2. The molecule has 0 unspecified atom stereocenters. The van der Waals surface area contributed by atoms with Crippen LogP contribution in [0, 0.1) is 0 Å². The zero-order valence-corrected chi connectivity index (χ0v) is 8.49. The van der Waals surface area contributed by atoms with E-state index in [1.165, 1.54) is 18.2 Å². The molecule has 2 rings (SSSR count). The fourth-order valence-corrected chi connectivity index (χ4v) is 1.56. The maximum atomic E-state index is 11.3. The van der Waals surface area contributed by atoms with Gasteiger partial charge < -0.3 is 14.6 Å². The summed E-state index contributed by atoms with van der Waals surface area (Å²) >= 11 is 5.13. The molecule has 0 aliphatic carbocycles. The molecule has 0 radical (unpaired) electrons. The van der Waals surface area contributed by atoms with E-state index in [-0.39, 0.29) is 16.7 Å². The van der Waals surface area contributed by atoms with Crippen LogP contribution in [-0.2, 0) is 0 Å². The second-order valence-corrected chi connectivity index (χ2v) is 3.38. The number of hydrogen-bond acceptors (Lipinski definition) is 5. The van der Waals surface area contributed by atoms with Crippen molar-refractivity contribution in [3.63, 3.8) is 0 Å². The van der Waals surface area contributed by atoms with Gasteiger partial charge in [-0.05, 0) is 23.7 Å². The average Bonchev–Trinajstić information content (AvgIpc) is 2.15. The quantitative estimate of drug-likeness (QED) is 0.584. The molecule has 0 aliphatic rings. The number of fused-ring (bicyclic) bond motifs is 1. The first-order chi connectivity index (χ1) is 7.52. The molecule has 0 saturated carbocycles. The number of benzene rings is 1. The Morgan fingerprint density at radius 3 is 2.62 bits per heavy atom. The Morgan fingerprint density at radius 1 is 1.31 bits per heavy atom. The van der Waals surface area contributed by atoms with E-state index in [1.807, 2.05) is 0 Å². The lowest BCUT2D eigenvalue weighted by Crippen LogP contribution is -2.10. The predicted molar refractivity (Wildman–Crippen MR) is 56.0 cm³/mol. The van der Waals surface area contributed by atoms with Crippen LogP contribution in [0.25, 0.3) is 11.0 Å². The van der Waals surface area contributed by atoms with Gasteiger partial charge in [-0.2, -0.15) is 0 Å². The van der Waals surface area contributed by atoms with E-state index in [1.54, 1.807) is 0 Å². The third-order valence-electron chi connectivity index (χ3n) is 2.08. The van der Waals surface area contributed by atoms with Crippen LogP contribution in [-0.4, -0.2) is 15.5 Å². The van der Waals surface area contributed by atoms with Crippen molar-refractivity contribution in [1.82, 2.24) is 0 Å². The molecule has 5 nitrogen and oxygen atoms in total. The minimum absolute atomic E-state index is 0.0239. The Morgan fingerprint density at radius 2 is 2.00 bits per heavy atom. The van der Waals surface area contributed by atoms with Gasteiger partial charge in [0.1, 0.15) is 22.5 Å². The van der Waals surface area contributed by atoms with Crippen LogP contribution in [0.15, 0.2) is 27.4 Å². The second-order valence-electron chi connectivity index (χ2n) is 3.04. The van der Waals surface area contributed by atoms with Gasteiger partial charge >= 0.3 is 5.63 Å². The molecule has 0 spiro atoms. The van der Waals surface area contributed by atoms with E-state index in [2.05, 4.69) is 0 Å². The number of aromatic hydroxyl groups is 2. The van der Waals surface area contributed by atoms with Gasteiger partial charge in [0, 0.05) is 0 Å². The first kappa shape index (κ1) is 10.5. The summed E-state index contributed by atoms with van der Waals surface area (Å²) in [6.07, 6.45) is 0. The lowest BCUT2D eigenvalue weighted by Gasteiger charge is -2.04. The van der Waals surface area contributed by atoms with Crippen LogP contribution in [0.3, 0.4) is 0 Å². The predicted octanol–water partition coefficient (Wildman–Crippen LogP) is 1.58. The molecular weight excluding hydrogens is 236 g/mol. The first-order valence-electron chi connectivity index (χ1n) is 4.20. The van der Waals surface area contributed by atoms with Crippen molar-refractivity contribution in [3.05, 3.63) is 34.2 Å². The monoisotopic (exact) mass is 240 g/mol. The molecule has 0 saturated heterocycles. The molecule has 1 heterocycles. The lowest BCUT2D eigenvalue weighted by atomic mass is 10.1. The van der Waals surface area contributed by atoms with Gasteiger partial charge in [0.2, 0.25) is 0 Å². The zero-order valence-electron chi connectivity index (χ0n) is 7.73. The third kappa shape index (κ3) is 1.42. The summed E-state index contributed by atoms with van der Waals surface area (Å²) in [5.41, 5.74) is -1.75. The second kappa shape index (κ2) is 3.53. The van der Waals surface area contributed by atoms with E-state index < -0.39 is 22.2 Å². The molecule has 0 amide bonds. The largest absolute Gasteiger partial charge is 0.507 e. The van der Waals surface area contributed by atoms with Gasteiger partial charge in [-0.15, -0.1) is 0 Å². The van der Waals surface area contributed by atoms with Gasteiger partial charge in [0.05, 0.1) is 0 Å². The van der Waals surface area contributed by atoms with E-state index in [9.17, 15) is 19.8 Å². The molecule has 0 fully saturated rings. The van der Waals surface area contributed by atoms with Crippen LogP contribution in [0.4, 0.5) is 0 Å². The summed E-state index contributed by atoms with van der Waals surface area (Å²) in [5, 5.41) is 17.9. The summed E-state index contributed by atoms with van der Waals surface area (Å²) in [6.45, 7) is 0. The van der Waals surface area contributed by atoms with Crippen molar-refractivity contribution in [2.24, 2.45) is 0 Å². The number of halogens is 1. The standard InChI is InChI=1S/C10H5ClO5/c11-9(14)7-8(13)6-4(12)2-1-3-5(6)16-10(7)15/h1-3,12-13H. The van der Waals surface area contributed by atoms with Crippen LogP contribution in [0.1, 0.15) is 10.4 Å². The number of carbonyl (C=O) groups excluding carboxylic acids is 1. The molecule has 1 aromatic carbocycles. The fourth-order valence-electron chi connectivity index (χ4n) is 1.39. The van der Waals surface area contributed by atoms with Gasteiger partial charge in [0.25, 0.3) is 5.24 Å². The Kier molecular flexibility index (Phi) is 2.32. The fraction of sp³-hybridized carbons (Fsp3) is 0. The van der Waals surface area contributed by atoms with Crippen LogP contribution in [0.2, 0.25) is 0 Å². The summed E-state index contributed by atoms with van der Waals surface area (Å²) in [7, 11) is 0. The number of carbonyl (C=O) groups is 1. The summed E-state index contributed by atoms with van der Waals surface area (Å²) in [6, 6.07) is 4.09. The highest BCUT2D eigenvalue weighted by Gasteiger charge is 2.20. The highest BCUT2D eigenvalue weighted by atomic mass is 35.5. The van der Waals surface area contributed by atoms with Gasteiger partial charge in [-0.3, -0.25) is 4.79 Å². The number of phenols is 1. The zero-order chi connectivity index (χ0) is 11.9. The van der Waals surface area contributed by atoms with Crippen LogP contribution in [0.5, 0.6) is 11.5 Å². The minimum atomic E-state index is -1.14. The average molecular weight is 241 g/mol. The van der Waals surface area contributed by atoms with Crippen LogP contribution < -0.4 is 5.63 Å². The third-order valence-corrected chi connectivity index (χ3v) is 2.27. The topological polar surface area (TPSA) is 87.7 Å². The smallest absolute Gasteiger partial charge is 0.352 e. The van der Waals surface area contributed by atoms with Gasteiger partial charge in [-0.1, -0.05) is 6.07 Å². The summed E-state index contributed by atoms with van der Waals surface area (Å²) < 4.78 is 4.73. The minimum Gasteiger partial charge on any atom is -0.507 e. The molecule has 1 aromatic heterocycles.